The fraction of sp³-hybridized carbons (Fsp3) is 0.304. The number of carbonyl (C=O) groups is 1. The largest absolute Gasteiger partial charge is 0.472 e. The summed E-state index contributed by atoms with van der Waals surface area (Å²) in [7, 11) is 0. The lowest BCUT2D eigenvalue weighted by molar-refractivity contribution is 0.0953. The van der Waals surface area contributed by atoms with Crippen LogP contribution in [0.3, 0.4) is 0 Å². The Labute approximate surface area is 179 Å². The lowest BCUT2D eigenvalue weighted by Crippen LogP contribution is -2.28. The fourth-order valence-corrected chi connectivity index (χ4v) is 4.04. The van der Waals surface area contributed by atoms with Crippen LogP contribution in [0.15, 0.2) is 59.5 Å². The van der Waals surface area contributed by atoms with Gasteiger partial charge in [0.05, 0.1) is 17.3 Å². The predicted octanol–water partition coefficient (Wildman–Crippen LogP) is 2.45. The van der Waals surface area contributed by atoms with Gasteiger partial charge >= 0.3 is 0 Å². The van der Waals surface area contributed by atoms with Crippen LogP contribution in [-0.2, 0) is 25.9 Å². The van der Waals surface area contributed by atoms with Gasteiger partial charge in [-0.05, 0) is 29.8 Å². The highest BCUT2D eigenvalue weighted by molar-refractivity contribution is 5.93. The van der Waals surface area contributed by atoms with Gasteiger partial charge in [0.2, 0.25) is 0 Å². The molecule has 1 aliphatic heterocycles. The number of furan rings is 1. The Bertz CT molecular complexity index is 1180. The van der Waals surface area contributed by atoms with Gasteiger partial charge in [-0.1, -0.05) is 12.1 Å². The molecular weight excluding hydrogens is 392 g/mol. The van der Waals surface area contributed by atoms with E-state index in [9.17, 15) is 4.79 Å². The zero-order valence-corrected chi connectivity index (χ0v) is 17.2. The van der Waals surface area contributed by atoms with Crippen LogP contribution < -0.4 is 5.32 Å². The average Bonchev–Trinajstić information content (AvgIpc) is 3.42. The average molecular weight is 416 g/mol. The minimum Gasteiger partial charge on any atom is -0.472 e. The molecule has 0 fully saturated rings. The highest BCUT2D eigenvalue weighted by atomic mass is 16.3. The van der Waals surface area contributed by atoms with Gasteiger partial charge in [-0.3, -0.25) is 14.7 Å². The van der Waals surface area contributed by atoms with Crippen LogP contribution in [0, 0.1) is 0 Å². The van der Waals surface area contributed by atoms with Crippen molar-refractivity contribution in [1.29, 1.82) is 0 Å². The second-order valence-electron chi connectivity index (χ2n) is 7.76. The Hall–Kier alpha value is -3.52. The molecule has 5 rings (SSSR count). The first kappa shape index (κ1) is 19.4. The van der Waals surface area contributed by atoms with Crippen LogP contribution in [0.5, 0.6) is 0 Å². The Kier molecular flexibility index (Phi) is 5.45. The number of hydrogen-bond donors (Lipinski definition) is 1. The van der Waals surface area contributed by atoms with E-state index in [2.05, 4.69) is 54.2 Å². The van der Waals surface area contributed by atoms with Crippen molar-refractivity contribution in [3.05, 3.63) is 77.9 Å². The highest BCUT2D eigenvalue weighted by Gasteiger charge is 2.19. The summed E-state index contributed by atoms with van der Waals surface area (Å²) in [6.07, 6.45) is 6.28. The SMILES string of the molecule is O=C(NCCc1nnc2n1CCN(Cc1ccc3ncccc3c1)CC2)c1ccoc1. The normalized spacial score (nSPS) is 14.3. The third-order valence-corrected chi connectivity index (χ3v) is 5.69. The standard InChI is InChI=1S/C23H24N6O2/c30-23(19-7-13-31-16-19)25-9-5-21-26-27-22-6-10-28(11-12-29(21)22)15-17-3-4-20-18(14-17)2-1-8-24-20/h1-4,7-8,13-14,16H,5-6,9-12,15H2,(H,25,30). The van der Waals surface area contributed by atoms with Gasteiger partial charge in [0.25, 0.3) is 5.91 Å². The lowest BCUT2D eigenvalue weighted by atomic mass is 10.1. The summed E-state index contributed by atoms with van der Waals surface area (Å²) < 4.78 is 7.16. The molecule has 8 heteroatoms. The molecule has 4 heterocycles. The minimum atomic E-state index is -0.138. The van der Waals surface area contributed by atoms with E-state index >= 15 is 0 Å². The molecule has 0 radical (unpaired) electrons. The Morgan fingerprint density at radius 2 is 2.10 bits per heavy atom. The monoisotopic (exact) mass is 416 g/mol. The first-order chi connectivity index (χ1) is 15.3. The molecule has 0 unspecified atom stereocenters. The highest BCUT2D eigenvalue weighted by Crippen LogP contribution is 2.17. The molecule has 0 aliphatic carbocycles. The van der Waals surface area contributed by atoms with E-state index in [0.717, 1.165) is 49.8 Å². The van der Waals surface area contributed by atoms with Crippen LogP contribution in [0.25, 0.3) is 10.9 Å². The third-order valence-electron chi connectivity index (χ3n) is 5.69. The molecular formula is C23H24N6O2. The van der Waals surface area contributed by atoms with Crippen LogP contribution in [0.4, 0.5) is 0 Å². The van der Waals surface area contributed by atoms with E-state index in [0.29, 0.717) is 18.5 Å². The number of rotatable bonds is 6. The number of amides is 1. The van der Waals surface area contributed by atoms with E-state index in [1.54, 1.807) is 6.07 Å². The van der Waals surface area contributed by atoms with Crippen LogP contribution >= 0.6 is 0 Å². The second-order valence-corrected chi connectivity index (χ2v) is 7.76. The van der Waals surface area contributed by atoms with Gasteiger partial charge in [0.1, 0.15) is 17.9 Å². The number of pyridine rings is 1. The summed E-state index contributed by atoms with van der Waals surface area (Å²) in [4.78, 5) is 18.9. The van der Waals surface area contributed by atoms with Crippen LogP contribution in [0.2, 0.25) is 0 Å². The smallest absolute Gasteiger partial charge is 0.254 e. The number of nitrogens with one attached hydrogen (secondary N) is 1. The third kappa shape index (κ3) is 4.34. The molecule has 3 aromatic heterocycles. The summed E-state index contributed by atoms with van der Waals surface area (Å²) in [6.45, 7) is 4.14. The van der Waals surface area contributed by atoms with Gasteiger partial charge in [0, 0.05) is 57.1 Å². The summed E-state index contributed by atoms with van der Waals surface area (Å²) in [5, 5.41) is 12.8. The summed E-state index contributed by atoms with van der Waals surface area (Å²) in [6, 6.07) is 12.2. The molecule has 0 spiro atoms. The molecule has 0 atom stereocenters. The van der Waals surface area contributed by atoms with Gasteiger partial charge < -0.3 is 14.3 Å². The van der Waals surface area contributed by atoms with Crippen molar-refractivity contribution in [2.45, 2.75) is 25.9 Å². The zero-order chi connectivity index (χ0) is 21.0. The van der Waals surface area contributed by atoms with Gasteiger partial charge in [-0.2, -0.15) is 0 Å². The molecule has 0 bridgehead atoms. The molecule has 1 N–H and O–H groups in total. The number of fused-ring (bicyclic) bond motifs is 2. The molecule has 31 heavy (non-hydrogen) atoms. The van der Waals surface area contributed by atoms with E-state index in [1.807, 2.05) is 12.3 Å². The first-order valence-corrected chi connectivity index (χ1v) is 10.5. The van der Waals surface area contributed by atoms with Crippen LogP contribution in [0.1, 0.15) is 27.6 Å². The Morgan fingerprint density at radius 1 is 1.13 bits per heavy atom. The van der Waals surface area contributed by atoms with Crippen molar-refractivity contribution in [3.8, 4) is 0 Å². The maximum absolute atomic E-state index is 12.1. The first-order valence-electron chi connectivity index (χ1n) is 10.5. The number of aromatic nitrogens is 4. The Morgan fingerprint density at radius 3 is 3.00 bits per heavy atom. The van der Waals surface area contributed by atoms with E-state index in [4.69, 9.17) is 4.42 Å². The molecule has 0 saturated heterocycles. The maximum Gasteiger partial charge on any atom is 0.254 e. The molecule has 1 amide bonds. The summed E-state index contributed by atoms with van der Waals surface area (Å²) >= 11 is 0. The maximum atomic E-state index is 12.1. The van der Waals surface area contributed by atoms with Crippen molar-refractivity contribution < 1.29 is 9.21 Å². The van der Waals surface area contributed by atoms with Crippen molar-refractivity contribution >= 4 is 16.8 Å². The number of benzene rings is 1. The van der Waals surface area contributed by atoms with E-state index < -0.39 is 0 Å². The number of carbonyl (C=O) groups excluding carboxylic acids is 1. The zero-order valence-electron chi connectivity index (χ0n) is 17.2. The topological polar surface area (TPSA) is 89.1 Å². The van der Waals surface area contributed by atoms with E-state index in [1.165, 1.54) is 23.5 Å². The van der Waals surface area contributed by atoms with Gasteiger partial charge in [-0.15, -0.1) is 10.2 Å². The van der Waals surface area contributed by atoms with Crippen molar-refractivity contribution in [2.75, 3.05) is 19.6 Å². The number of nitrogens with zero attached hydrogens (tertiary/aromatic N) is 5. The summed E-state index contributed by atoms with van der Waals surface area (Å²) in [5.41, 5.74) is 2.85. The van der Waals surface area contributed by atoms with Crippen molar-refractivity contribution in [2.24, 2.45) is 0 Å². The second kappa shape index (κ2) is 8.69. The molecule has 8 nitrogen and oxygen atoms in total. The van der Waals surface area contributed by atoms with Gasteiger partial charge in [0.15, 0.2) is 0 Å². The molecule has 158 valence electrons. The lowest BCUT2D eigenvalue weighted by Gasteiger charge is -2.20. The van der Waals surface area contributed by atoms with Crippen molar-refractivity contribution in [3.63, 3.8) is 0 Å². The molecule has 1 aromatic carbocycles. The molecule has 1 aliphatic rings. The summed E-state index contributed by atoms with van der Waals surface area (Å²) in [5.74, 6) is 1.80. The Balaban J connectivity index is 1.18. The van der Waals surface area contributed by atoms with Crippen LogP contribution in [-0.4, -0.2) is 50.2 Å². The van der Waals surface area contributed by atoms with E-state index in [-0.39, 0.29) is 5.91 Å². The quantitative estimate of drug-likeness (QED) is 0.519. The molecule has 4 aromatic rings. The fourth-order valence-electron chi connectivity index (χ4n) is 4.04. The van der Waals surface area contributed by atoms with Crippen molar-refractivity contribution in [1.82, 2.24) is 30.0 Å². The predicted molar refractivity (Wildman–Crippen MR) is 115 cm³/mol. The minimum absolute atomic E-state index is 0.138. The number of hydrogen-bond acceptors (Lipinski definition) is 6. The van der Waals surface area contributed by atoms with Gasteiger partial charge in [-0.25, -0.2) is 0 Å². The molecule has 0 saturated carbocycles.